The van der Waals surface area contributed by atoms with Crippen LogP contribution in [-0.2, 0) is 6.54 Å². The maximum absolute atomic E-state index is 12.4. The van der Waals surface area contributed by atoms with Gasteiger partial charge in [-0.3, -0.25) is 4.79 Å². The second kappa shape index (κ2) is 6.20. The first-order valence-electron chi connectivity index (χ1n) is 8.50. The van der Waals surface area contributed by atoms with Crippen LogP contribution in [0.5, 0.6) is 0 Å². The molecule has 6 heteroatoms. The van der Waals surface area contributed by atoms with Crippen LogP contribution in [0.1, 0.15) is 29.0 Å². The Morgan fingerprint density at radius 3 is 2.60 bits per heavy atom. The molecule has 2 aromatic heterocycles. The van der Waals surface area contributed by atoms with Gasteiger partial charge in [0.15, 0.2) is 0 Å². The highest BCUT2D eigenvalue weighted by Crippen LogP contribution is 2.46. The molecule has 1 fully saturated rings. The van der Waals surface area contributed by atoms with E-state index in [9.17, 15) is 4.79 Å². The van der Waals surface area contributed by atoms with Gasteiger partial charge in [-0.1, -0.05) is 0 Å². The molecule has 4 rings (SSSR count). The van der Waals surface area contributed by atoms with Gasteiger partial charge >= 0.3 is 0 Å². The summed E-state index contributed by atoms with van der Waals surface area (Å²) in [4.78, 5) is 20.7. The lowest BCUT2D eigenvalue weighted by atomic mass is 10.1. The summed E-state index contributed by atoms with van der Waals surface area (Å²) in [6, 6.07) is 7.56. The molecule has 0 aliphatic heterocycles. The molecule has 0 unspecified atom stereocenters. The molecule has 6 nitrogen and oxygen atoms in total. The molecule has 1 aliphatic carbocycles. The van der Waals surface area contributed by atoms with E-state index < -0.39 is 0 Å². The molecule has 25 heavy (non-hydrogen) atoms. The summed E-state index contributed by atoms with van der Waals surface area (Å²) in [5.41, 5.74) is 1.85. The van der Waals surface area contributed by atoms with Crippen molar-refractivity contribution in [2.45, 2.75) is 26.3 Å². The molecule has 1 amide bonds. The Kier molecular flexibility index (Phi) is 3.87. The van der Waals surface area contributed by atoms with E-state index in [1.807, 2.05) is 54.3 Å². The Balaban J connectivity index is 1.37. The standard InChI is InChI=1S/C19H21N5O/c1-15-21-9-11-23(15)13-19(6-7-19)12-22-18(25)16-2-4-17(5-3-16)24-10-8-20-14-24/h2-5,8-11,14H,6-7,12-13H2,1H3,(H,22,25). The van der Waals surface area contributed by atoms with Crippen LogP contribution in [0, 0.1) is 12.3 Å². The number of hydrogen-bond acceptors (Lipinski definition) is 3. The predicted molar refractivity (Wildman–Crippen MR) is 94.5 cm³/mol. The molecule has 1 aromatic carbocycles. The molecule has 0 radical (unpaired) electrons. The number of hydrogen-bond donors (Lipinski definition) is 1. The van der Waals surface area contributed by atoms with Gasteiger partial charge in [-0.15, -0.1) is 0 Å². The van der Waals surface area contributed by atoms with Crippen molar-refractivity contribution in [2.75, 3.05) is 6.54 Å². The maximum atomic E-state index is 12.4. The van der Waals surface area contributed by atoms with Crippen LogP contribution in [0.3, 0.4) is 0 Å². The van der Waals surface area contributed by atoms with E-state index in [-0.39, 0.29) is 11.3 Å². The maximum Gasteiger partial charge on any atom is 0.251 e. The van der Waals surface area contributed by atoms with Crippen LogP contribution in [-0.4, -0.2) is 31.6 Å². The van der Waals surface area contributed by atoms with Gasteiger partial charge in [0.1, 0.15) is 5.82 Å². The molecule has 1 N–H and O–H groups in total. The Labute approximate surface area is 146 Å². The lowest BCUT2D eigenvalue weighted by molar-refractivity contribution is 0.0943. The van der Waals surface area contributed by atoms with E-state index in [0.717, 1.165) is 30.9 Å². The average Bonchev–Trinajstić information content (AvgIpc) is 3.00. The molecule has 0 spiro atoms. The number of nitrogens with zero attached hydrogens (tertiary/aromatic N) is 4. The Morgan fingerprint density at radius 2 is 2.00 bits per heavy atom. The van der Waals surface area contributed by atoms with E-state index in [1.165, 1.54) is 0 Å². The van der Waals surface area contributed by atoms with E-state index in [4.69, 9.17) is 0 Å². The highest BCUT2D eigenvalue weighted by atomic mass is 16.1. The smallest absolute Gasteiger partial charge is 0.251 e. The summed E-state index contributed by atoms with van der Waals surface area (Å²) in [6.45, 7) is 3.63. The number of nitrogens with one attached hydrogen (secondary N) is 1. The molecule has 0 saturated heterocycles. The first-order chi connectivity index (χ1) is 12.2. The van der Waals surface area contributed by atoms with Gasteiger partial charge in [0.25, 0.3) is 5.91 Å². The third kappa shape index (κ3) is 3.33. The van der Waals surface area contributed by atoms with Crippen molar-refractivity contribution in [3.63, 3.8) is 0 Å². The van der Waals surface area contributed by atoms with Crippen molar-refractivity contribution in [2.24, 2.45) is 5.41 Å². The number of aryl methyl sites for hydroxylation is 1. The van der Waals surface area contributed by atoms with Crippen molar-refractivity contribution < 1.29 is 4.79 Å². The summed E-state index contributed by atoms with van der Waals surface area (Å²) < 4.78 is 4.08. The van der Waals surface area contributed by atoms with E-state index >= 15 is 0 Å². The van der Waals surface area contributed by atoms with E-state index in [2.05, 4.69) is 19.9 Å². The molecule has 1 saturated carbocycles. The summed E-state index contributed by atoms with van der Waals surface area (Å²) >= 11 is 0. The van der Waals surface area contributed by atoms with E-state index in [1.54, 1.807) is 12.5 Å². The topological polar surface area (TPSA) is 64.7 Å². The summed E-state index contributed by atoms with van der Waals surface area (Å²) in [5, 5.41) is 3.10. The molecule has 1 aliphatic rings. The van der Waals surface area contributed by atoms with Crippen molar-refractivity contribution in [3.05, 3.63) is 66.8 Å². The van der Waals surface area contributed by atoms with Gasteiger partial charge in [0.05, 0.1) is 6.33 Å². The normalized spacial score (nSPS) is 15.1. The average molecular weight is 335 g/mol. The highest BCUT2D eigenvalue weighted by molar-refractivity contribution is 5.94. The predicted octanol–water partition coefficient (Wildman–Crippen LogP) is 2.59. The number of amides is 1. The Hall–Kier alpha value is -2.89. The summed E-state index contributed by atoms with van der Waals surface area (Å²) in [5.74, 6) is 0.999. The van der Waals surface area contributed by atoms with Crippen LogP contribution < -0.4 is 5.32 Å². The zero-order valence-electron chi connectivity index (χ0n) is 14.2. The van der Waals surface area contributed by atoms with Crippen molar-refractivity contribution in [1.29, 1.82) is 0 Å². The SMILES string of the molecule is Cc1nccn1CC1(CNC(=O)c2ccc(-n3ccnc3)cc2)CC1. The number of aromatic nitrogens is 4. The summed E-state index contributed by atoms with van der Waals surface area (Å²) in [6.07, 6.45) is 11.5. The van der Waals surface area contributed by atoms with Crippen molar-refractivity contribution in [1.82, 2.24) is 24.4 Å². The number of rotatable bonds is 6. The second-order valence-electron chi connectivity index (χ2n) is 6.80. The lowest BCUT2D eigenvalue weighted by Crippen LogP contribution is -2.32. The number of carbonyl (C=O) groups excluding carboxylic acids is 1. The molecule has 0 atom stereocenters. The third-order valence-electron chi connectivity index (χ3n) is 4.94. The van der Waals surface area contributed by atoms with Crippen LogP contribution in [0.4, 0.5) is 0 Å². The van der Waals surface area contributed by atoms with Crippen molar-refractivity contribution >= 4 is 5.91 Å². The minimum atomic E-state index is -0.0224. The van der Waals surface area contributed by atoms with Crippen LogP contribution in [0.15, 0.2) is 55.4 Å². The zero-order valence-corrected chi connectivity index (χ0v) is 14.2. The lowest BCUT2D eigenvalue weighted by Gasteiger charge is -2.17. The van der Waals surface area contributed by atoms with Crippen LogP contribution >= 0.6 is 0 Å². The molecule has 2 heterocycles. The number of imidazole rings is 2. The largest absolute Gasteiger partial charge is 0.351 e. The zero-order chi connectivity index (χ0) is 17.3. The number of carbonyl (C=O) groups is 1. The van der Waals surface area contributed by atoms with Gasteiger partial charge in [0, 0.05) is 54.5 Å². The monoisotopic (exact) mass is 335 g/mol. The highest BCUT2D eigenvalue weighted by Gasteiger charge is 2.43. The van der Waals surface area contributed by atoms with Gasteiger partial charge in [-0.05, 0) is 44.0 Å². The first-order valence-corrected chi connectivity index (χ1v) is 8.50. The fourth-order valence-electron chi connectivity index (χ4n) is 3.07. The molecule has 128 valence electrons. The van der Waals surface area contributed by atoms with Crippen LogP contribution in [0.25, 0.3) is 5.69 Å². The Bertz CT molecular complexity index is 860. The summed E-state index contributed by atoms with van der Waals surface area (Å²) in [7, 11) is 0. The Morgan fingerprint density at radius 1 is 1.20 bits per heavy atom. The van der Waals surface area contributed by atoms with Crippen molar-refractivity contribution in [3.8, 4) is 5.69 Å². The quantitative estimate of drug-likeness (QED) is 0.753. The molecular weight excluding hydrogens is 314 g/mol. The fraction of sp³-hybridized carbons (Fsp3) is 0.316. The molecule has 0 bridgehead atoms. The second-order valence-corrected chi connectivity index (χ2v) is 6.80. The minimum Gasteiger partial charge on any atom is -0.351 e. The molecular formula is C19H21N5O. The minimum absolute atomic E-state index is 0.0224. The van der Waals surface area contributed by atoms with Gasteiger partial charge in [-0.2, -0.15) is 0 Å². The third-order valence-corrected chi connectivity index (χ3v) is 4.94. The molecule has 3 aromatic rings. The van der Waals surface area contributed by atoms with E-state index in [0.29, 0.717) is 12.1 Å². The van der Waals surface area contributed by atoms with Gasteiger partial charge in [-0.25, -0.2) is 9.97 Å². The fourth-order valence-corrected chi connectivity index (χ4v) is 3.07. The first kappa shape index (κ1) is 15.6. The van der Waals surface area contributed by atoms with Gasteiger partial charge in [0.2, 0.25) is 0 Å². The van der Waals surface area contributed by atoms with Gasteiger partial charge < -0.3 is 14.5 Å². The number of benzene rings is 1. The van der Waals surface area contributed by atoms with Crippen LogP contribution in [0.2, 0.25) is 0 Å².